The van der Waals surface area contributed by atoms with Gasteiger partial charge >= 0.3 is 0 Å². The predicted octanol–water partition coefficient (Wildman–Crippen LogP) is 7.08. The van der Waals surface area contributed by atoms with E-state index in [1.807, 2.05) is 60.0 Å². The highest BCUT2D eigenvalue weighted by Crippen LogP contribution is 2.30. The molecule has 0 aliphatic carbocycles. The Morgan fingerprint density at radius 3 is 2.20 bits per heavy atom. The molecule has 40 heavy (non-hydrogen) atoms. The van der Waals surface area contributed by atoms with Crippen LogP contribution in [-0.4, -0.2) is 25.6 Å². The molecule has 0 saturated carbocycles. The Bertz CT molecular complexity index is 1380. The number of aromatic nitrogens is 3. The number of nitro groups is 1. The molecule has 8 nitrogen and oxygen atoms in total. The van der Waals surface area contributed by atoms with Crippen LogP contribution in [0.3, 0.4) is 0 Å². The van der Waals surface area contributed by atoms with Crippen LogP contribution in [0.15, 0.2) is 90.1 Å². The summed E-state index contributed by atoms with van der Waals surface area (Å²) >= 11 is 1.53. The number of carbonyl (C=O) groups excluding carboxylic acids is 1. The molecule has 0 bridgehead atoms. The van der Waals surface area contributed by atoms with E-state index >= 15 is 0 Å². The summed E-state index contributed by atoms with van der Waals surface area (Å²) in [7, 11) is 0. The van der Waals surface area contributed by atoms with Gasteiger partial charge in [-0.25, -0.2) is 0 Å². The maximum absolute atomic E-state index is 13.5. The third kappa shape index (κ3) is 7.57. The van der Waals surface area contributed by atoms with Gasteiger partial charge in [-0.3, -0.25) is 19.5 Å². The maximum Gasteiger partial charge on any atom is 0.269 e. The van der Waals surface area contributed by atoms with Gasteiger partial charge in [0.25, 0.3) is 5.69 Å². The summed E-state index contributed by atoms with van der Waals surface area (Å²) in [5.41, 5.74) is 2.91. The minimum absolute atomic E-state index is 0.00714. The standard InChI is InChI=1S/C31H35N5O3S/c1-3-5-16-25(4-2)30(37)32-28(21-23-12-8-6-9-13-23)29-33-34-31(40-22-24-14-10-7-11-15-24)35(29)26-17-19-27(20-18-26)36(38)39/h6-15,17-20,25,28H,3-5,16,21-22H2,1-2H3,(H,32,37). The Hall–Kier alpha value is -3.98. The number of nitrogens with one attached hydrogen (secondary N) is 1. The fourth-order valence-corrected chi connectivity index (χ4v) is 5.52. The molecule has 1 aromatic heterocycles. The lowest BCUT2D eigenvalue weighted by molar-refractivity contribution is -0.384. The Balaban J connectivity index is 1.74. The lowest BCUT2D eigenvalue weighted by Gasteiger charge is -2.23. The van der Waals surface area contributed by atoms with Gasteiger partial charge in [0.05, 0.1) is 11.0 Å². The molecule has 0 aliphatic rings. The second-order valence-electron chi connectivity index (χ2n) is 9.72. The summed E-state index contributed by atoms with van der Waals surface area (Å²) < 4.78 is 1.91. The number of hydrogen-bond acceptors (Lipinski definition) is 6. The van der Waals surface area contributed by atoms with Crippen molar-refractivity contribution in [3.63, 3.8) is 0 Å². The van der Waals surface area contributed by atoms with E-state index in [-0.39, 0.29) is 17.5 Å². The summed E-state index contributed by atoms with van der Waals surface area (Å²) in [6.45, 7) is 4.17. The van der Waals surface area contributed by atoms with E-state index in [2.05, 4.69) is 34.6 Å². The molecule has 2 unspecified atom stereocenters. The topological polar surface area (TPSA) is 103 Å². The Labute approximate surface area is 239 Å². The SMILES string of the molecule is CCCCC(CC)C(=O)NC(Cc1ccccc1)c1nnc(SCc2ccccc2)n1-c1ccc([N+](=O)[O-])cc1. The van der Waals surface area contributed by atoms with Crippen molar-refractivity contribution in [2.45, 2.75) is 62.9 Å². The van der Waals surface area contributed by atoms with Crippen LogP contribution in [-0.2, 0) is 17.0 Å². The monoisotopic (exact) mass is 557 g/mol. The molecule has 1 N–H and O–H groups in total. The molecule has 3 aromatic carbocycles. The first-order valence-electron chi connectivity index (χ1n) is 13.7. The van der Waals surface area contributed by atoms with Crippen molar-refractivity contribution in [2.24, 2.45) is 5.92 Å². The highest BCUT2D eigenvalue weighted by molar-refractivity contribution is 7.98. The van der Waals surface area contributed by atoms with Crippen LogP contribution in [0.2, 0.25) is 0 Å². The molecule has 0 radical (unpaired) electrons. The first-order chi connectivity index (χ1) is 19.5. The van der Waals surface area contributed by atoms with Crippen molar-refractivity contribution in [1.82, 2.24) is 20.1 Å². The molecule has 1 amide bonds. The average Bonchev–Trinajstić information content (AvgIpc) is 3.41. The van der Waals surface area contributed by atoms with Crippen molar-refractivity contribution >= 4 is 23.4 Å². The van der Waals surface area contributed by atoms with Crippen LogP contribution in [0, 0.1) is 16.0 Å². The first-order valence-corrected chi connectivity index (χ1v) is 14.7. The highest BCUT2D eigenvalue weighted by Gasteiger charge is 2.27. The third-order valence-electron chi connectivity index (χ3n) is 6.87. The van der Waals surface area contributed by atoms with E-state index < -0.39 is 11.0 Å². The quantitative estimate of drug-likeness (QED) is 0.101. The molecular formula is C31H35N5O3S. The van der Waals surface area contributed by atoms with Crippen LogP contribution >= 0.6 is 11.8 Å². The van der Waals surface area contributed by atoms with Crippen molar-refractivity contribution in [3.8, 4) is 5.69 Å². The minimum atomic E-state index is -0.445. The third-order valence-corrected chi connectivity index (χ3v) is 7.87. The molecule has 0 saturated heterocycles. The summed E-state index contributed by atoms with van der Waals surface area (Å²) in [6.07, 6.45) is 4.16. The zero-order valence-electron chi connectivity index (χ0n) is 22.9. The Kier molecular flexibility index (Phi) is 10.5. The summed E-state index contributed by atoms with van der Waals surface area (Å²) in [5.74, 6) is 1.19. The van der Waals surface area contributed by atoms with Gasteiger partial charge < -0.3 is 5.32 Å². The molecule has 9 heteroatoms. The van der Waals surface area contributed by atoms with Crippen molar-refractivity contribution in [2.75, 3.05) is 0 Å². The number of nitro benzene ring substituents is 1. The van der Waals surface area contributed by atoms with Crippen LogP contribution < -0.4 is 5.32 Å². The minimum Gasteiger partial charge on any atom is -0.345 e. The normalized spacial score (nSPS) is 12.6. The fourth-order valence-electron chi connectivity index (χ4n) is 4.61. The van der Waals surface area contributed by atoms with E-state index in [9.17, 15) is 14.9 Å². The van der Waals surface area contributed by atoms with Gasteiger partial charge in [0.15, 0.2) is 11.0 Å². The van der Waals surface area contributed by atoms with Gasteiger partial charge in [-0.2, -0.15) is 0 Å². The van der Waals surface area contributed by atoms with Gasteiger partial charge in [0.1, 0.15) is 0 Å². The molecule has 0 aliphatic heterocycles. The van der Waals surface area contributed by atoms with Crippen LogP contribution in [0.25, 0.3) is 5.69 Å². The molecule has 2 atom stereocenters. The molecule has 1 heterocycles. The molecular weight excluding hydrogens is 522 g/mol. The van der Waals surface area contributed by atoms with E-state index in [0.717, 1.165) is 36.8 Å². The first kappa shape index (κ1) is 29.0. The number of non-ortho nitro benzene ring substituents is 1. The summed E-state index contributed by atoms with van der Waals surface area (Å²) in [6, 6.07) is 26.0. The number of benzene rings is 3. The number of nitrogens with zero attached hydrogens (tertiary/aromatic N) is 4. The molecule has 4 aromatic rings. The number of thioether (sulfide) groups is 1. The highest BCUT2D eigenvalue weighted by atomic mass is 32.2. The summed E-state index contributed by atoms with van der Waals surface area (Å²) in [4.78, 5) is 24.4. The number of rotatable bonds is 14. The van der Waals surface area contributed by atoms with Crippen LogP contribution in [0.4, 0.5) is 5.69 Å². The van der Waals surface area contributed by atoms with Gasteiger partial charge in [-0.15, -0.1) is 10.2 Å². The predicted molar refractivity (Wildman–Crippen MR) is 158 cm³/mol. The van der Waals surface area contributed by atoms with Gasteiger partial charge in [0, 0.05) is 29.5 Å². The largest absolute Gasteiger partial charge is 0.345 e. The van der Waals surface area contributed by atoms with Gasteiger partial charge in [0.2, 0.25) is 5.91 Å². The lowest BCUT2D eigenvalue weighted by atomic mass is 9.97. The van der Waals surface area contributed by atoms with Crippen molar-refractivity contribution in [3.05, 3.63) is 112 Å². The molecule has 0 fully saturated rings. The zero-order chi connectivity index (χ0) is 28.3. The van der Waals surface area contributed by atoms with Crippen molar-refractivity contribution in [1.29, 1.82) is 0 Å². The maximum atomic E-state index is 13.5. The Morgan fingerprint density at radius 2 is 1.60 bits per heavy atom. The average molecular weight is 558 g/mol. The zero-order valence-corrected chi connectivity index (χ0v) is 23.7. The van der Waals surface area contributed by atoms with E-state index in [4.69, 9.17) is 0 Å². The molecule has 4 rings (SSSR count). The number of carbonyl (C=O) groups is 1. The molecule has 0 spiro atoms. The summed E-state index contributed by atoms with van der Waals surface area (Å²) in [5, 5.41) is 24.4. The molecule has 208 valence electrons. The second kappa shape index (κ2) is 14.4. The lowest BCUT2D eigenvalue weighted by Crippen LogP contribution is -2.36. The number of unbranched alkanes of at least 4 members (excludes halogenated alkanes) is 1. The Morgan fingerprint density at radius 1 is 0.950 bits per heavy atom. The smallest absolute Gasteiger partial charge is 0.269 e. The van der Waals surface area contributed by atoms with Crippen LogP contribution in [0.5, 0.6) is 0 Å². The second-order valence-corrected chi connectivity index (χ2v) is 10.7. The van der Waals surface area contributed by atoms with Gasteiger partial charge in [-0.05, 0) is 42.5 Å². The van der Waals surface area contributed by atoms with Crippen LogP contribution in [0.1, 0.15) is 62.5 Å². The van der Waals surface area contributed by atoms with E-state index in [1.165, 1.54) is 23.9 Å². The van der Waals surface area contributed by atoms with Crippen molar-refractivity contribution < 1.29 is 9.72 Å². The van der Waals surface area contributed by atoms with E-state index in [1.54, 1.807) is 12.1 Å². The number of hydrogen-bond donors (Lipinski definition) is 1. The fraction of sp³-hybridized carbons (Fsp3) is 0.323. The van der Waals surface area contributed by atoms with E-state index in [0.29, 0.717) is 28.8 Å². The number of amides is 1. The van der Waals surface area contributed by atoms with Gasteiger partial charge in [-0.1, -0.05) is 99.1 Å².